The van der Waals surface area contributed by atoms with Crippen LogP contribution >= 0.6 is 0 Å². The molecule has 0 saturated heterocycles. The Kier molecular flexibility index (Phi) is 6.17. The third-order valence-electron chi connectivity index (χ3n) is 11.1. The molecule has 6 unspecified atom stereocenters. The van der Waals surface area contributed by atoms with Crippen LogP contribution in [0.25, 0.3) is 5.57 Å². The molecule has 5 aliphatic carbocycles. The summed E-state index contributed by atoms with van der Waals surface area (Å²) in [4.78, 5) is 17.0. The van der Waals surface area contributed by atoms with Crippen molar-refractivity contribution in [2.75, 3.05) is 0 Å². The van der Waals surface area contributed by atoms with Crippen LogP contribution < -0.4 is 0 Å². The summed E-state index contributed by atoms with van der Waals surface area (Å²) in [7, 11) is 0. The second-order valence-electron chi connectivity index (χ2n) is 12.9. The number of aromatic nitrogens is 1. The monoisotopic (exact) mass is 473 g/mol. The van der Waals surface area contributed by atoms with Gasteiger partial charge < -0.3 is 4.74 Å². The van der Waals surface area contributed by atoms with E-state index in [1.807, 2.05) is 6.20 Å². The molecule has 1 aromatic rings. The molecule has 6 rings (SSSR count). The maximum absolute atomic E-state index is 12.6. The highest BCUT2D eigenvalue weighted by Gasteiger charge is 2.57. The van der Waals surface area contributed by atoms with Crippen molar-refractivity contribution in [2.24, 2.45) is 34.5 Å². The number of allylic oxidation sites excluding steroid dienone is 3. The quantitative estimate of drug-likeness (QED) is 0.322. The van der Waals surface area contributed by atoms with Crippen LogP contribution in [0.5, 0.6) is 0 Å². The van der Waals surface area contributed by atoms with Gasteiger partial charge in [0.25, 0.3) is 0 Å². The molecule has 0 bridgehead atoms. The molecule has 188 valence electrons. The summed E-state index contributed by atoms with van der Waals surface area (Å²) in [5.74, 6) is 3.07. The summed E-state index contributed by atoms with van der Waals surface area (Å²) in [6.07, 6.45) is 24.3. The van der Waals surface area contributed by atoms with Gasteiger partial charge in [0.1, 0.15) is 6.10 Å². The first-order valence-corrected chi connectivity index (χ1v) is 14.5. The van der Waals surface area contributed by atoms with Gasteiger partial charge in [-0.15, -0.1) is 0 Å². The first-order chi connectivity index (χ1) is 17.0. The van der Waals surface area contributed by atoms with Crippen molar-refractivity contribution in [3.05, 3.63) is 47.8 Å². The molecule has 3 fully saturated rings. The summed E-state index contributed by atoms with van der Waals surface area (Å²) in [5.41, 5.74) is 5.03. The number of ether oxygens (including phenoxy) is 1. The molecule has 1 heterocycles. The van der Waals surface area contributed by atoms with Crippen molar-refractivity contribution in [2.45, 2.75) is 103 Å². The number of hydrogen-bond acceptors (Lipinski definition) is 3. The minimum atomic E-state index is 0.0492. The van der Waals surface area contributed by atoms with E-state index in [1.54, 1.807) is 11.1 Å². The summed E-state index contributed by atoms with van der Waals surface area (Å²) in [6, 6.07) is 4.32. The van der Waals surface area contributed by atoms with E-state index >= 15 is 0 Å². The molecule has 0 aromatic carbocycles. The first kappa shape index (κ1) is 23.5. The number of nitrogens with zero attached hydrogens (tertiary/aromatic N) is 1. The van der Waals surface area contributed by atoms with E-state index in [4.69, 9.17) is 4.74 Å². The lowest BCUT2D eigenvalue weighted by molar-refractivity contribution is -0.151. The normalized spacial score (nSPS) is 38.7. The topological polar surface area (TPSA) is 39.2 Å². The number of hydrogen-bond donors (Lipinski definition) is 0. The molecule has 35 heavy (non-hydrogen) atoms. The third kappa shape index (κ3) is 4.11. The van der Waals surface area contributed by atoms with Gasteiger partial charge in [-0.1, -0.05) is 63.3 Å². The average Bonchev–Trinajstić information content (AvgIpc) is 3.51. The van der Waals surface area contributed by atoms with Crippen LogP contribution in [-0.2, 0) is 9.53 Å². The molecule has 0 spiro atoms. The highest BCUT2D eigenvalue weighted by molar-refractivity contribution is 5.72. The Labute approximate surface area is 211 Å². The smallest absolute Gasteiger partial charge is 0.306 e. The van der Waals surface area contributed by atoms with E-state index in [9.17, 15) is 4.79 Å². The molecule has 0 N–H and O–H groups in total. The fourth-order valence-corrected chi connectivity index (χ4v) is 9.13. The van der Waals surface area contributed by atoms with Crippen molar-refractivity contribution in [1.82, 2.24) is 4.98 Å². The van der Waals surface area contributed by atoms with Crippen LogP contribution in [0.3, 0.4) is 0 Å². The molecule has 3 nitrogen and oxygen atoms in total. The second-order valence-corrected chi connectivity index (χ2v) is 12.9. The van der Waals surface area contributed by atoms with Gasteiger partial charge >= 0.3 is 5.97 Å². The molecule has 3 saturated carbocycles. The number of carbonyl (C=O) groups is 1. The molecule has 1 aromatic heterocycles. The minimum absolute atomic E-state index is 0.0492. The molecule has 0 aliphatic heterocycles. The Hall–Kier alpha value is -1.90. The van der Waals surface area contributed by atoms with Crippen LogP contribution in [0, 0.1) is 34.5 Å². The van der Waals surface area contributed by atoms with Gasteiger partial charge in [0.15, 0.2) is 0 Å². The van der Waals surface area contributed by atoms with Gasteiger partial charge in [-0.3, -0.25) is 9.78 Å². The van der Waals surface area contributed by atoms with Crippen molar-refractivity contribution in [1.29, 1.82) is 0 Å². The molecule has 3 heteroatoms. The van der Waals surface area contributed by atoms with Gasteiger partial charge in [-0.2, -0.15) is 0 Å². The van der Waals surface area contributed by atoms with Crippen molar-refractivity contribution < 1.29 is 9.53 Å². The molecule has 0 radical (unpaired) electrons. The van der Waals surface area contributed by atoms with Crippen LogP contribution in [0.15, 0.2) is 42.3 Å². The molecule has 6 atom stereocenters. The van der Waals surface area contributed by atoms with E-state index in [1.165, 1.54) is 63.4 Å². The SMILES string of the molecule is CC12CCC(OC(=O)CCC3CCCC3)CC1=CCC1C2CCC2(C)C(c3cccnc3)=CCC12. The number of rotatable bonds is 5. The van der Waals surface area contributed by atoms with Gasteiger partial charge in [0, 0.05) is 25.2 Å². The minimum Gasteiger partial charge on any atom is -0.462 e. The maximum Gasteiger partial charge on any atom is 0.306 e. The summed E-state index contributed by atoms with van der Waals surface area (Å²) < 4.78 is 6.04. The highest BCUT2D eigenvalue weighted by Crippen LogP contribution is 2.66. The Morgan fingerprint density at radius 2 is 1.86 bits per heavy atom. The van der Waals surface area contributed by atoms with Crippen LogP contribution in [0.4, 0.5) is 0 Å². The fourth-order valence-electron chi connectivity index (χ4n) is 9.13. The third-order valence-corrected chi connectivity index (χ3v) is 11.1. The van der Waals surface area contributed by atoms with Gasteiger partial charge in [0.05, 0.1) is 0 Å². The zero-order valence-electron chi connectivity index (χ0n) is 21.8. The second kappa shape index (κ2) is 9.20. The predicted octanol–water partition coefficient (Wildman–Crippen LogP) is 7.92. The van der Waals surface area contributed by atoms with Crippen LogP contribution in [0.1, 0.15) is 103 Å². The molecular weight excluding hydrogens is 430 g/mol. The average molecular weight is 474 g/mol. The molecular formula is C32H43NO2. The van der Waals surface area contributed by atoms with Crippen LogP contribution in [0.2, 0.25) is 0 Å². The van der Waals surface area contributed by atoms with Crippen molar-refractivity contribution in [3.63, 3.8) is 0 Å². The van der Waals surface area contributed by atoms with Gasteiger partial charge in [0.2, 0.25) is 0 Å². The molecule has 5 aliphatic rings. The zero-order chi connectivity index (χ0) is 24.0. The maximum atomic E-state index is 12.6. The fraction of sp³-hybridized carbons (Fsp3) is 0.688. The lowest BCUT2D eigenvalue weighted by Gasteiger charge is -2.57. The van der Waals surface area contributed by atoms with Gasteiger partial charge in [-0.25, -0.2) is 0 Å². The summed E-state index contributed by atoms with van der Waals surface area (Å²) in [5, 5.41) is 0. The number of esters is 1. The van der Waals surface area contributed by atoms with Crippen molar-refractivity contribution >= 4 is 11.5 Å². The highest BCUT2D eigenvalue weighted by atomic mass is 16.5. The Morgan fingerprint density at radius 1 is 1.03 bits per heavy atom. The first-order valence-electron chi connectivity index (χ1n) is 14.5. The number of carbonyl (C=O) groups excluding carboxylic acids is 1. The number of fused-ring (bicyclic) bond motifs is 5. The van der Waals surface area contributed by atoms with Crippen LogP contribution in [-0.4, -0.2) is 17.1 Å². The summed E-state index contributed by atoms with van der Waals surface area (Å²) >= 11 is 0. The Balaban J connectivity index is 1.12. The Morgan fingerprint density at radius 3 is 2.66 bits per heavy atom. The van der Waals surface area contributed by atoms with E-state index in [0.29, 0.717) is 6.42 Å². The van der Waals surface area contributed by atoms with Gasteiger partial charge in [-0.05, 0) is 96.7 Å². The lowest BCUT2D eigenvalue weighted by Crippen LogP contribution is -2.50. The number of pyridine rings is 1. The lowest BCUT2D eigenvalue weighted by atomic mass is 9.47. The largest absolute Gasteiger partial charge is 0.462 e. The van der Waals surface area contributed by atoms with Crippen molar-refractivity contribution in [3.8, 4) is 0 Å². The van der Waals surface area contributed by atoms with E-state index in [2.05, 4.69) is 49.3 Å². The summed E-state index contributed by atoms with van der Waals surface area (Å²) in [6.45, 7) is 5.07. The zero-order valence-corrected chi connectivity index (χ0v) is 21.8. The molecule has 0 amide bonds. The van der Waals surface area contributed by atoms with E-state index < -0.39 is 0 Å². The van der Waals surface area contributed by atoms with E-state index in [0.717, 1.165) is 42.9 Å². The van der Waals surface area contributed by atoms with E-state index in [-0.39, 0.29) is 22.9 Å². The predicted molar refractivity (Wildman–Crippen MR) is 140 cm³/mol. The Bertz CT molecular complexity index is 1010. The standard InChI is InChI=1S/C32H43NO2/c1-31-17-15-25(35-30(34)14-9-22-6-3-4-7-22)20-24(31)10-11-26-28-13-12-27(23-8-5-19-33-21-23)32(28,2)18-16-29(26)31/h5,8,10,12,19,21-22,25-26,28-29H,3-4,6-7,9,11,13-18,20H2,1-2H3.